The molecule has 0 aliphatic heterocycles. The number of amidine groups is 1. The van der Waals surface area contributed by atoms with Crippen molar-refractivity contribution in [3.63, 3.8) is 0 Å². The van der Waals surface area contributed by atoms with Crippen LogP contribution in [0.5, 0.6) is 0 Å². The molecule has 0 heterocycles. The van der Waals surface area contributed by atoms with Gasteiger partial charge >= 0.3 is 0 Å². The highest BCUT2D eigenvalue weighted by Gasteiger charge is 2.01. The molecule has 1 rings (SSSR count). The lowest BCUT2D eigenvalue weighted by atomic mass is 10.1. The molecule has 0 aliphatic carbocycles. The average molecular weight is 288 g/mol. The number of halogens is 2. The zero-order valence-corrected chi connectivity index (χ0v) is 10.5. The second-order valence-electron chi connectivity index (χ2n) is 3.46. The zero-order valence-electron chi connectivity index (χ0n) is 8.89. The van der Waals surface area contributed by atoms with Crippen molar-refractivity contribution in [2.24, 2.45) is 5.73 Å². The molecule has 3 nitrogen and oxygen atoms in total. The third kappa shape index (κ3) is 4.18. The van der Waals surface area contributed by atoms with Gasteiger partial charge in [0.15, 0.2) is 0 Å². The van der Waals surface area contributed by atoms with Crippen LogP contribution in [0.3, 0.4) is 0 Å². The van der Waals surface area contributed by atoms with Gasteiger partial charge in [0.2, 0.25) is 0 Å². The Bertz CT molecular complexity index is 368. The number of hydrogen-bond acceptors (Lipinski definition) is 2. The first-order chi connectivity index (χ1) is 7.63. The Morgan fingerprint density at radius 1 is 1.50 bits per heavy atom. The van der Waals surface area contributed by atoms with Gasteiger partial charge in [-0.3, -0.25) is 5.41 Å². The molecule has 0 aromatic heterocycles. The van der Waals surface area contributed by atoms with Crippen molar-refractivity contribution >= 4 is 27.5 Å². The van der Waals surface area contributed by atoms with Gasteiger partial charge in [0.05, 0.1) is 5.84 Å². The Hall–Kier alpha value is -1.10. The highest BCUT2D eigenvalue weighted by Crippen LogP contribution is 2.24. The van der Waals surface area contributed by atoms with Gasteiger partial charge in [-0.25, -0.2) is 4.39 Å². The summed E-state index contributed by atoms with van der Waals surface area (Å²) in [6.45, 7) is -0.0794. The summed E-state index contributed by atoms with van der Waals surface area (Å²) in [4.78, 5) is 0. The normalized spacial score (nSPS) is 10.1. The van der Waals surface area contributed by atoms with Crippen LogP contribution in [0.1, 0.15) is 12.0 Å². The summed E-state index contributed by atoms with van der Waals surface area (Å²) in [5, 5.41) is 10.1. The first-order valence-electron chi connectivity index (χ1n) is 5.04. The van der Waals surface area contributed by atoms with E-state index in [1.54, 1.807) is 0 Å². The van der Waals surface area contributed by atoms with E-state index in [-0.39, 0.29) is 5.84 Å². The molecular weight excluding hydrogens is 273 g/mol. The molecule has 16 heavy (non-hydrogen) atoms. The van der Waals surface area contributed by atoms with Crippen LogP contribution in [0.15, 0.2) is 22.7 Å². The van der Waals surface area contributed by atoms with Crippen LogP contribution < -0.4 is 11.1 Å². The molecule has 1 aromatic rings. The Labute approximate surface area is 103 Å². The molecule has 0 amide bonds. The minimum atomic E-state index is -0.390. The number of rotatable bonds is 6. The predicted molar refractivity (Wildman–Crippen MR) is 68.8 cm³/mol. The molecule has 0 bridgehead atoms. The Kier molecular flexibility index (Phi) is 5.25. The van der Waals surface area contributed by atoms with Crippen LogP contribution >= 0.6 is 15.9 Å². The first-order valence-corrected chi connectivity index (χ1v) is 5.84. The summed E-state index contributed by atoms with van der Waals surface area (Å²) in [6, 6.07) is 5.81. The SMILES string of the molecule is N=C(N)CCc1ccc(NCCF)c(Br)c1. The van der Waals surface area contributed by atoms with E-state index in [9.17, 15) is 4.39 Å². The molecule has 0 fully saturated rings. The fourth-order valence-corrected chi connectivity index (χ4v) is 1.88. The lowest BCUT2D eigenvalue weighted by Gasteiger charge is -2.08. The van der Waals surface area contributed by atoms with Gasteiger partial charge in [-0.15, -0.1) is 0 Å². The fraction of sp³-hybridized carbons (Fsp3) is 0.364. The van der Waals surface area contributed by atoms with Crippen LogP contribution in [0, 0.1) is 5.41 Å². The zero-order chi connectivity index (χ0) is 12.0. The molecular formula is C11H15BrFN3. The average Bonchev–Trinajstić information content (AvgIpc) is 2.25. The van der Waals surface area contributed by atoms with Crippen LogP contribution in [0.2, 0.25) is 0 Å². The van der Waals surface area contributed by atoms with Gasteiger partial charge in [0.1, 0.15) is 6.67 Å². The van der Waals surface area contributed by atoms with Crippen LogP contribution in [0.4, 0.5) is 10.1 Å². The van der Waals surface area contributed by atoms with E-state index in [4.69, 9.17) is 11.1 Å². The molecule has 0 aliphatic rings. The summed E-state index contributed by atoms with van der Waals surface area (Å²) in [6.07, 6.45) is 1.31. The van der Waals surface area contributed by atoms with Crippen molar-refractivity contribution in [2.45, 2.75) is 12.8 Å². The minimum absolute atomic E-state index is 0.191. The predicted octanol–water partition coefficient (Wildman–Crippen LogP) is 2.70. The summed E-state index contributed by atoms with van der Waals surface area (Å²) in [5.41, 5.74) is 7.27. The third-order valence-electron chi connectivity index (χ3n) is 2.13. The number of benzene rings is 1. The van der Waals surface area contributed by atoms with Crippen molar-refractivity contribution in [3.05, 3.63) is 28.2 Å². The molecule has 0 spiro atoms. The molecule has 0 saturated heterocycles. The molecule has 0 radical (unpaired) electrons. The highest BCUT2D eigenvalue weighted by molar-refractivity contribution is 9.10. The number of nitrogens with one attached hydrogen (secondary N) is 2. The quantitative estimate of drug-likeness (QED) is 0.556. The summed E-state index contributed by atoms with van der Waals surface area (Å²) in [7, 11) is 0. The van der Waals surface area contributed by atoms with Gasteiger partial charge in [-0.1, -0.05) is 6.07 Å². The van der Waals surface area contributed by atoms with Crippen molar-refractivity contribution < 1.29 is 4.39 Å². The van der Waals surface area contributed by atoms with E-state index in [2.05, 4.69) is 21.2 Å². The van der Waals surface area contributed by atoms with E-state index >= 15 is 0 Å². The molecule has 0 saturated carbocycles. The smallest absolute Gasteiger partial charge is 0.107 e. The summed E-state index contributed by atoms with van der Waals surface area (Å²) < 4.78 is 12.9. The van der Waals surface area contributed by atoms with Crippen molar-refractivity contribution in [3.8, 4) is 0 Å². The second kappa shape index (κ2) is 6.48. The number of nitrogens with two attached hydrogens (primary N) is 1. The first kappa shape index (κ1) is 13.0. The summed E-state index contributed by atoms with van der Waals surface area (Å²) >= 11 is 3.41. The molecule has 0 unspecified atom stereocenters. The second-order valence-corrected chi connectivity index (χ2v) is 4.31. The molecule has 1 aromatic carbocycles. The maximum absolute atomic E-state index is 12.0. The number of anilines is 1. The maximum atomic E-state index is 12.0. The minimum Gasteiger partial charge on any atom is -0.388 e. The van der Waals surface area contributed by atoms with E-state index in [1.165, 1.54) is 0 Å². The van der Waals surface area contributed by atoms with E-state index in [0.717, 1.165) is 22.1 Å². The molecule has 0 atom stereocenters. The molecule has 4 N–H and O–H groups in total. The van der Waals surface area contributed by atoms with Gasteiger partial charge in [-0.05, 0) is 40.0 Å². The van der Waals surface area contributed by atoms with E-state index < -0.39 is 6.67 Å². The van der Waals surface area contributed by atoms with Crippen molar-refractivity contribution in [1.29, 1.82) is 5.41 Å². The lowest BCUT2D eigenvalue weighted by molar-refractivity contribution is 0.512. The standard InChI is InChI=1S/C11H15BrFN3/c12-9-7-8(2-4-11(14)15)1-3-10(9)16-6-5-13/h1,3,7,16H,2,4-6H2,(H3,14,15). The van der Waals surface area contributed by atoms with Crippen LogP contribution in [0.25, 0.3) is 0 Å². The number of hydrogen-bond donors (Lipinski definition) is 3. The van der Waals surface area contributed by atoms with Gasteiger partial charge in [0.25, 0.3) is 0 Å². The third-order valence-corrected chi connectivity index (χ3v) is 2.78. The highest BCUT2D eigenvalue weighted by atomic mass is 79.9. The number of aryl methyl sites for hydroxylation is 1. The Balaban J connectivity index is 2.63. The summed E-state index contributed by atoms with van der Waals surface area (Å²) in [5.74, 6) is 0.191. The van der Waals surface area contributed by atoms with Gasteiger partial charge < -0.3 is 11.1 Å². The molecule has 88 valence electrons. The fourth-order valence-electron chi connectivity index (χ4n) is 1.32. The monoisotopic (exact) mass is 287 g/mol. The molecule has 5 heteroatoms. The van der Waals surface area contributed by atoms with Crippen molar-refractivity contribution in [1.82, 2.24) is 0 Å². The van der Waals surface area contributed by atoms with Gasteiger partial charge in [-0.2, -0.15) is 0 Å². The van der Waals surface area contributed by atoms with Gasteiger partial charge in [0, 0.05) is 23.1 Å². The van der Waals surface area contributed by atoms with Crippen molar-refractivity contribution in [2.75, 3.05) is 18.5 Å². The Morgan fingerprint density at radius 3 is 2.81 bits per heavy atom. The Morgan fingerprint density at radius 2 is 2.25 bits per heavy atom. The van der Waals surface area contributed by atoms with Crippen LogP contribution in [-0.4, -0.2) is 19.1 Å². The largest absolute Gasteiger partial charge is 0.388 e. The lowest BCUT2D eigenvalue weighted by Crippen LogP contribution is -2.10. The topological polar surface area (TPSA) is 61.9 Å². The maximum Gasteiger partial charge on any atom is 0.107 e. The van der Waals surface area contributed by atoms with E-state index in [1.807, 2.05) is 18.2 Å². The van der Waals surface area contributed by atoms with Crippen LogP contribution in [-0.2, 0) is 6.42 Å². The van der Waals surface area contributed by atoms with E-state index in [0.29, 0.717) is 13.0 Å². The number of alkyl halides is 1.